The zero-order valence-corrected chi connectivity index (χ0v) is 11.5. The summed E-state index contributed by atoms with van der Waals surface area (Å²) in [5.74, 6) is -3.00. The van der Waals surface area contributed by atoms with E-state index in [2.05, 4.69) is 0 Å². The second kappa shape index (κ2) is 6.65. The van der Waals surface area contributed by atoms with Crippen LogP contribution in [0.5, 0.6) is 0 Å². The molecule has 0 spiro atoms. The van der Waals surface area contributed by atoms with E-state index in [0.717, 1.165) is 25.0 Å². The van der Waals surface area contributed by atoms with Gasteiger partial charge in [-0.2, -0.15) is 0 Å². The number of carbonyl (C=O) groups is 2. The van der Waals surface area contributed by atoms with Crippen LogP contribution in [0.3, 0.4) is 0 Å². The number of piperidine rings is 1. The molecule has 0 bridgehead atoms. The van der Waals surface area contributed by atoms with Gasteiger partial charge < -0.3 is 10.0 Å². The third-order valence-electron chi connectivity index (χ3n) is 3.67. The molecule has 1 heterocycles. The van der Waals surface area contributed by atoms with Crippen molar-refractivity contribution in [3.63, 3.8) is 0 Å². The molecule has 0 saturated carbocycles. The first-order valence-electron chi connectivity index (χ1n) is 6.89. The maximum absolute atomic E-state index is 13.1. The lowest BCUT2D eigenvalue weighted by Crippen LogP contribution is -2.41. The van der Waals surface area contributed by atoms with Crippen LogP contribution in [0.2, 0.25) is 0 Å². The fourth-order valence-electron chi connectivity index (χ4n) is 2.64. The number of benzene rings is 1. The van der Waals surface area contributed by atoms with Gasteiger partial charge in [0.25, 0.3) is 0 Å². The van der Waals surface area contributed by atoms with E-state index < -0.39 is 17.6 Å². The molecule has 21 heavy (non-hydrogen) atoms. The van der Waals surface area contributed by atoms with E-state index in [0.29, 0.717) is 18.7 Å². The van der Waals surface area contributed by atoms with E-state index in [1.807, 2.05) is 0 Å². The van der Waals surface area contributed by atoms with Gasteiger partial charge in [-0.15, -0.1) is 0 Å². The van der Waals surface area contributed by atoms with Crippen LogP contribution in [0.1, 0.15) is 24.8 Å². The molecule has 1 saturated heterocycles. The number of carboxylic acid groups (broad SMARTS) is 1. The van der Waals surface area contributed by atoms with E-state index in [1.165, 1.54) is 6.07 Å². The summed E-state index contributed by atoms with van der Waals surface area (Å²) in [5.41, 5.74) is 0.416. The molecule has 4 nitrogen and oxygen atoms in total. The van der Waals surface area contributed by atoms with Crippen molar-refractivity contribution in [1.29, 1.82) is 0 Å². The first-order chi connectivity index (χ1) is 9.95. The minimum atomic E-state index is -0.970. The van der Waals surface area contributed by atoms with Crippen LogP contribution < -0.4 is 0 Å². The van der Waals surface area contributed by atoms with Crippen LogP contribution in [0.25, 0.3) is 0 Å². The van der Waals surface area contributed by atoms with Crippen LogP contribution in [-0.4, -0.2) is 35.0 Å². The highest BCUT2D eigenvalue weighted by Crippen LogP contribution is 2.20. The third kappa shape index (κ3) is 4.24. The van der Waals surface area contributed by atoms with Gasteiger partial charge in [-0.25, -0.2) is 8.78 Å². The van der Waals surface area contributed by atoms with Gasteiger partial charge in [-0.1, -0.05) is 6.07 Å². The molecule has 1 aliphatic heterocycles. The van der Waals surface area contributed by atoms with E-state index in [-0.39, 0.29) is 24.7 Å². The van der Waals surface area contributed by atoms with E-state index in [1.54, 1.807) is 4.90 Å². The van der Waals surface area contributed by atoms with E-state index in [4.69, 9.17) is 5.11 Å². The monoisotopic (exact) mass is 297 g/mol. The largest absolute Gasteiger partial charge is 0.481 e. The van der Waals surface area contributed by atoms with Crippen molar-refractivity contribution in [1.82, 2.24) is 4.90 Å². The Morgan fingerprint density at radius 2 is 2.05 bits per heavy atom. The number of carbonyl (C=O) groups excluding carboxylic acids is 1. The van der Waals surface area contributed by atoms with Crippen molar-refractivity contribution in [2.24, 2.45) is 5.92 Å². The van der Waals surface area contributed by atoms with Crippen molar-refractivity contribution in [3.05, 3.63) is 35.4 Å². The van der Waals surface area contributed by atoms with Crippen LogP contribution in [-0.2, 0) is 16.0 Å². The number of halogens is 2. The predicted octanol–water partition coefficient (Wildman–Crippen LogP) is 2.22. The second-order valence-corrected chi connectivity index (χ2v) is 5.37. The Labute approximate surface area is 121 Å². The Bertz CT molecular complexity index is 548. The fourth-order valence-corrected chi connectivity index (χ4v) is 2.64. The Hall–Kier alpha value is -1.98. The summed E-state index contributed by atoms with van der Waals surface area (Å²) in [6.45, 7) is 0.993. The molecule has 0 aliphatic carbocycles. The first-order valence-corrected chi connectivity index (χ1v) is 6.89. The van der Waals surface area contributed by atoms with Crippen molar-refractivity contribution >= 4 is 11.9 Å². The number of hydrogen-bond acceptors (Lipinski definition) is 2. The minimum Gasteiger partial charge on any atom is -0.481 e. The SMILES string of the molecule is O=C(O)CC1CCCN(C(=O)Cc2ccc(F)c(F)c2)C1. The van der Waals surface area contributed by atoms with Crippen molar-refractivity contribution in [2.75, 3.05) is 13.1 Å². The minimum absolute atomic E-state index is 0.00298. The van der Waals surface area contributed by atoms with Crippen molar-refractivity contribution in [2.45, 2.75) is 25.7 Å². The first kappa shape index (κ1) is 15.4. The lowest BCUT2D eigenvalue weighted by atomic mass is 9.94. The predicted molar refractivity (Wildman–Crippen MR) is 71.6 cm³/mol. The van der Waals surface area contributed by atoms with Gasteiger partial charge in [-0.3, -0.25) is 9.59 Å². The third-order valence-corrected chi connectivity index (χ3v) is 3.67. The summed E-state index contributed by atoms with van der Waals surface area (Å²) in [7, 11) is 0. The lowest BCUT2D eigenvalue weighted by Gasteiger charge is -2.32. The number of carboxylic acids is 1. The van der Waals surface area contributed by atoms with Gasteiger partial charge in [0.1, 0.15) is 0 Å². The summed E-state index contributed by atoms with van der Waals surface area (Å²) < 4.78 is 25.9. The van der Waals surface area contributed by atoms with Crippen molar-refractivity contribution in [3.8, 4) is 0 Å². The molecule has 1 fully saturated rings. The maximum atomic E-state index is 13.1. The fraction of sp³-hybridized carbons (Fsp3) is 0.467. The Kier molecular flexibility index (Phi) is 4.88. The molecule has 2 rings (SSSR count). The zero-order chi connectivity index (χ0) is 15.4. The number of rotatable bonds is 4. The standard InChI is InChI=1S/C15H17F2NO3/c16-12-4-3-10(6-13(12)17)7-14(19)18-5-1-2-11(9-18)8-15(20)21/h3-4,6,11H,1-2,5,7-9H2,(H,20,21). The molecule has 1 amide bonds. The van der Waals surface area contributed by atoms with Gasteiger partial charge in [0.15, 0.2) is 11.6 Å². The smallest absolute Gasteiger partial charge is 0.303 e. The van der Waals surface area contributed by atoms with Crippen LogP contribution >= 0.6 is 0 Å². The zero-order valence-electron chi connectivity index (χ0n) is 11.5. The molecule has 1 unspecified atom stereocenters. The molecule has 1 N–H and O–H groups in total. The molecule has 1 aromatic rings. The molecule has 1 atom stereocenters. The van der Waals surface area contributed by atoms with Gasteiger partial charge in [-0.05, 0) is 36.5 Å². The Morgan fingerprint density at radius 3 is 2.71 bits per heavy atom. The van der Waals surface area contributed by atoms with Gasteiger partial charge in [0.2, 0.25) is 5.91 Å². The van der Waals surface area contributed by atoms with Gasteiger partial charge >= 0.3 is 5.97 Å². The highest BCUT2D eigenvalue weighted by molar-refractivity contribution is 5.79. The molecule has 114 valence electrons. The molecule has 1 aromatic carbocycles. The average molecular weight is 297 g/mol. The van der Waals surface area contributed by atoms with E-state index in [9.17, 15) is 18.4 Å². The molecular weight excluding hydrogens is 280 g/mol. The Balaban J connectivity index is 1.96. The second-order valence-electron chi connectivity index (χ2n) is 5.37. The van der Waals surface area contributed by atoms with Gasteiger partial charge in [0.05, 0.1) is 6.42 Å². The summed E-state index contributed by atoms with van der Waals surface area (Å²) in [6, 6.07) is 3.41. The number of hydrogen-bond donors (Lipinski definition) is 1. The lowest BCUT2D eigenvalue weighted by molar-refractivity contribution is -0.140. The number of amides is 1. The summed E-state index contributed by atoms with van der Waals surface area (Å²) >= 11 is 0. The number of nitrogens with zero attached hydrogens (tertiary/aromatic N) is 1. The normalized spacial score (nSPS) is 18.6. The average Bonchev–Trinajstić information content (AvgIpc) is 2.42. The van der Waals surface area contributed by atoms with Gasteiger partial charge in [0, 0.05) is 19.5 Å². The summed E-state index contributed by atoms with van der Waals surface area (Å²) in [5, 5.41) is 8.80. The topological polar surface area (TPSA) is 57.6 Å². The number of aliphatic carboxylic acids is 1. The molecule has 6 heteroatoms. The van der Waals surface area contributed by atoms with Crippen LogP contribution in [0.15, 0.2) is 18.2 Å². The van der Waals surface area contributed by atoms with Crippen molar-refractivity contribution < 1.29 is 23.5 Å². The van der Waals surface area contributed by atoms with E-state index >= 15 is 0 Å². The molecule has 0 aromatic heterocycles. The number of likely N-dealkylation sites (tertiary alicyclic amines) is 1. The Morgan fingerprint density at radius 1 is 1.29 bits per heavy atom. The molecular formula is C15H17F2NO3. The summed E-state index contributed by atoms with van der Waals surface area (Å²) in [6.07, 6.45) is 1.61. The molecule has 1 aliphatic rings. The van der Waals surface area contributed by atoms with Crippen LogP contribution in [0, 0.1) is 17.6 Å². The highest BCUT2D eigenvalue weighted by Gasteiger charge is 2.25. The summed E-state index contributed by atoms with van der Waals surface area (Å²) in [4.78, 5) is 24.5. The highest BCUT2D eigenvalue weighted by atomic mass is 19.2. The quantitative estimate of drug-likeness (QED) is 0.927. The van der Waals surface area contributed by atoms with Crippen LogP contribution in [0.4, 0.5) is 8.78 Å². The maximum Gasteiger partial charge on any atom is 0.303 e. The molecule has 0 radical (unpaired) electrons.